The van der Waals surface area contributed by atoms with Gasteiger partial charge in [0.1, 0.15) is 17.6 Å². The van der Waals surface area contributed by atoms with E-state index in [4.69, 9.17) is 11.7 Å². The summed E-state index contributed by atoms with van der Waals surface area (Å²) in [4.78, 5) is 36.6. The lowest BCUT2D eigenvalue weighted by molar-refractivity contribution is -0.116. The van der Waals surface area contributed by atoms with Crippen LogP contribution in [0.15, 0.2) is 24.4 Å². The third-order valence-electron chi connectivity index (χ3n) is 3.80. The second kappa shape index (κ2) is 7.98. The van der Waals surface area contributed by atoms with Crippen molar-refractivity contribution in [2.45, 2.75) is 6.92 Å². The number of terminal acetylenes is 1. The lowest BCUT2D eigenvalue weighted by Crippen LogP contribution is -2.31. The van der Waals surface area contributed by atoms with Crippen LogP contribution in [0.2, 0.25) is 0 Å². The first-order valence-electron chi connectivity index (χ1n) is 7.73. The lowest BCUT2D eigenvalue weighted by Gasteiger charge is -2.08. The molecule has 2 rings (SSSR count). The smallest absolute Gasteiger partial charge is 0.293 e. The van der Waals surface area contributed by atoms with Gasteiger partial charge in [-0.2, -0.15) is 5.26 Å². The normalized spacial score (nSPS) is 9.81. The number of amides is 2. The topological polar surface area (TPSA) is 104 Å². The number of anilines is 1. The maximum Gasteiger partial charge on any atom is 0.293 e. The van der Waals surface area contributed by atoms with Crippen molar-refractivity contribution in [1.82, 2.24) is 9.88 Å². The fourth-order valence-electron chi connectivity index (χ4n) is 2.52. The van der Waals surface area contributed by atoms with E-state index >= 15 is 0 Å². The summed E-state index contributed by atoms with van der Waals surface area (Å²) >= 11 is 0. The van der Waals surface area contributed by atoms with Crippen LogP contribution in [-0.2, 0) is 11.8 Å². The van der Waals surface area contributed by atoms with Crippen LogP contribution in [0, 0.1) is 36.4 Å². The predicted octanol–water partition coefficient (Wildman–Crippen LogP) is 1.53. The van der Waals surface area contributed by atoms with E-state index in [1.165, 1.54) is 29.8 Å². The van der Waals surface area contributed by atoms with Gasteiger partial charge < -0.3 is 15.2 Å². The molecule has 0 saturated carbocycles. The average molecular weight is 366 g/mol. The molecule has 0 radical (unpaired) electrons. The number of carbonyl (C=O) groups is 3. The predicted molar refractivity (Wildman–Crippen MR) is 95.4 cm³/mol. The van der Waals surface area contributed by atoms with Crippen LogP contribution in [0.3, 0.4) is 0 Å². The summed E-state index contributed by atoms with van der Waals surface area (Å²) < 4.78 is 14.8. The van der Waals surface area contributed by atoms with Crippen LogP contribution >= 0.6 is 0 Å². The van der Waals surface area contributed by atoms with Gasteiger partial charge in [0, 0.05) is 24.5 Å². The fraction of sp³-hybridized carbons (Fsp3) is 0.158. The number of nitriles is 1. The first-order chi connectivity index (χ1) is 12.8. The summed E-state index contributed by atoms with van der Waals surface area (Å²) in [5.74, 6) is -0.765. The van der Waals surface area contributed by atoms with Gasteiger partial charge in [-0.1, -0.05) is 5.92 Å². The van der Waals surface area contributed by atoms with Gasteiger partial charge >= 0.3 is 0 Å². The molecule has 0 fully saturated rings. The Morgan fingerprint density at radius 2 is 2.04 bits per heavy atom. The number of aryl methyl sites for hydroxylation is 1. The highest BCUT2D eigenvalue weighted by Crippen LogP contribution is 2.20. The number of aromatic nitrogens is 1. The van der Waals surface area contributed by atoms with Crippen molar-refractivity contribution in [3.8, 4) is 18.4 Å². The van der Waals surface area contributed by atoms with Gasteiger partial charge in [0.25, 0.3) is 17.6 Å². The molecular weight excluding hydrogens is 351 g/mol. The van der Waals surface area contributed by atoms with Crippen molar-refractivity contribution in [3.05, 3.63) is 52.6 Å². The Balaban J connectivity index is 2.29. The number of halogens is 1. The number of nitrogens with zero attached hydrogens (tertiary/aromatic N) is 2. The number of rotatable bonds is 5. The van der Waals surface area contributed by atoms with E-state index in [9.17, 15) is 18.8 Å². The summed E-state index contributed by atoms with van der Waals surface area (Å²) in [5.41, 5.74) is 0.522. The summed E-state index contributed by atoms with van der Waals surface area (Å²) in [7, 11) is 1.55. The zero-order chi connectivity index (χ0) is 20.1. The highest BCUT2D eigenvalue weighted by atomic mass is 19.1. The standard InChI is InChI=1S/C19H15FN4O3/c1-4-7-22-19(27)17(25)14-10-24(3)16(11(14)2)18(26)23-13-5-6-15(20)12(8-13)9-21/h1,5-6,8,10H,7H2,2-3H3,(H,22,27)(H,23,26). The zero-order valence-electron chi connectivity index (χ0n) is 14.6. The molecule has 1 heterocycles. The Hall–Kier alpha value is -3.91. The molecule has 0 unspecified atom stereocenters. The molecule has 0 atom stereocenters. The molecule has 8 heteroatoms. The number of carbonyl (C=O) groups excluding carboxylic acids is 3. The van der Waals surface area contributed by atoms with Crippen LogP contribution in [0.5, 0.6) is 0 Å². The molecular formula is C19H15FN4O3. The SMILES string of the molecule is C#CCNC(=O)C(=O)c1cn(C)c(C(=O)Nc2ccc(F)c(C#N)c2)c1C. The minimum absolute atomic E-state index is 0.0639. The van der Waals surface area contributed by atoms with Gasteiger partial charge in [-0.05, 0) is 30.7 Å². The summed E-state index contributed by atoms with van der Waals surface area (Å²) in [6.45, 7) is 1.44. The van der Waals surface area contributed by atoms with Crippen molar-refractivity contribution < 1.29 is 18.8 Å². The highest BCUT2D eigenvalue weighted by molar-refractivity contribution is 6.43. The molecule has 0 saturated heterocycles. The number of hydrogen-bond donors (Lipinski definition) is 2. The molecule has 27 heavy (non-hydrogen) atoms. The van der Waals surface area contributed by atoms with E-state index in [1.54, 1.807) is 13.1 Å². The first-order valence-corrected chi connectivity index (χ1v) is 7.73. The van der Waals surface area contributed by atoms with E-state index < -0.39 is 23.4 Å². The van der Waals surface area contributed by atoms with Crippen LogP contribution < -0.4 is 10.6 Å². The fourth-order valence-corrected chi connectivity index (χ4v) is 2.52. The van der Waals surface area contributed by atoms with Crippen molar-refractivity contribution in [2.24, 2.45) is 7.05 Å². The summed E-state index contributed by atoms with van der Waals surface area (Å²) in [5, 5.41) is 13.7. The number of benzene rings is 1. The lowest BCUT2D eigenvalue weighted by atomic mass is 10.1. The van der Waals surface area contributed by atoms with E-state index in [2.05, 4.69) is 16.6 Å². The Bertz CT molecular complexity index is 1020. The highest BCUT2D eigenvalue weighted by Gasteiger charge is 2.25. The molecule has 0 spiro atoms. The summed E-state index contributed by atoms with van der Waals surface area (Å²) in [6.07, 6.45) is 6.41. The minimum atomic E-state index is -0.870. The molecule has 7 nitrogen and oxygen atoms in total. The van der Waals surface area contributed by atoms with E-state index in [0.717, 1.165) is 6.07 Å². The summed E-state index contributed by atoms with van der Waals surface area (Å²) in [6, 6.07) is 5.26. The van der Waals surface area contributed by atoms with Crippen LogP contribution in [0.4, 0.5) is 10.1 Å². The number of Topliss-reactive ketones (excluding diaryl/α,β-unsaturated/α-hetero) is 1. The molecule has 2 amide bonds. The first kappa shape index (κ1) is 19.4. The molecule has 1 aromatic carbocycles. The molecule has 0 aliphatic rings. The number of ketones is 1. The monoisotopic (exact) mass is 366 g/mol. The molecule has 1 aromatic heterocycles. The van der Waals surface area contributed by atoms with Gasteiger partial charge in [-0.3, -0.25) is 14.4 Å². The Labute approximate surface area is 154 Å². The van der Waals surface area contributed by atoms with Gasteiger partial charge in [0.05, 0.1) is 12.1 Å². The largest absolute Gasteiger partial charge is 0.346 e. The Morgan fingerprint density at radius 3 is 2.67 bits per heavy atom. The minimum Gasteiger partial charge on any atom is -0.346 e. The van der Waals surface area contributed by atoms with Gasteiger partial charge in [-0.15, -0.1) is 6.42 Å². The van der Waals surface area contributed by atoms with Crippen LogP contribution in [0.25, 0.3) is 0 Å². The maximum absolute atomic E-state index is 13.4. The van der Waals surface area contributed by atoms with Gasteiger partial charge in [-0.25, -0.2) is 4.39 Å². The number of nitrogens with one attached hydrogen (secondary N) is 2. The van der Waals surface area contributed by atoms with E-state index in [-0.39, 0.29) is 29.1 Å². The van der Waals surface area contributed by atoms with Gasteiger partial charge in [0.2, 0.25) is 0 Å². The van der Waals surface area contributed by atoms with Gasteiger partial charge in [0.15, 0.2) is 0 Å². The number of hydrogen-bond acceptors (Lipinski definition) is 4. The third kappa shape index (κ3) is 4.02. The second-order valence-electron chi connectivity index (χ2n) is 5.60. The Morgan fingerprint density at radius 1 is 1.33 bits per heavy atom. The zero-order valence-corrected chi connectivity index (χ0v) is 14.6. The van der Waals surface area contributed by atoms with Crippen molar-refractivity contribution >= 4 is 23.3 Å². The molecule has 2 aromatic rings. The average Bonchev–Trinajstić information content (AvgIpc) is 2.94. The van der Waals surface area contributed by atoms with Crippen molar-refractivity contribution in [2.75, 3.05) is 11.9 Å². The molecule has 0 bridgehead atoms. The molecule has 136 valence electrons. The Kier molecular flexibility index (Phi) is 5.74. The van der Waals surface area contributed by atoms with Crippen LogP contribution in [-0.4, -0.2) is 28.7 Å². The van der Waals surface area contributed by atoms with Crippen molar-refractivity contribution in [1.29, 1.82) is 5.26 Å². The van der Waals surface area contributed by atoms with Crippen molar-refractivity contribution in [3.63, 3.8) is 0 Å². The molecule has 0 aliphatic heterocycles. The maximum atomic E-state index is 13.4. The molecule has 2 N–H and O–H groups in total. The van der Waals surface area contributed by atoms with Crippen LogP contribution in [0.1, 0.15) is 32.0 Å². The van der Waals surface area contributed by atoms with E-state index in [1.807, 2.05) is 0 Å². The molecule has 0 aliphatic carbocycles. The quantitative estimate of drug-likeness (QED) is 0.476. The third-order valence-corrected chi connectivity index (χ3v) is 3.80. The van der Waals surface area contributed by atoms with E-state index in [0.29, 0.717) is 5.56 Å². The second-order valence-corrected chi connectivity index (χ2v) is 5.60.